The number of benzene rings is 3. The summed E-state index contributed by atoms with van der Waals surface area (Å²) in [6, 6.07) is 29.9. The van der Waals surface area contributed by atoms with E-state index in [0.29, 0.717) is 0 Å². The van der Waals surface area contributed by atoms with Crippen LogP contribution in [0.2, 0.25) is 0 Å². The zero-order chi connectivity index (χ0) is 21.7. The summed E-state index contributed by atoms with van der Waals surface area (Å²) in [7, 11) is 1.36. The number of thioether (sulfide) groups is 1. The topological polar surface area (TPSA) is 67.4 Å². The Morgan fingerprint density at radius 3 is 1.74 bits per heavy atom. The quantitative estimate of drug-likeness (QED) is 0.325. The summed E-state index contributed by atoms with van der Waals surface area (Å²) in [6.45, 7) is 0. The van der Waals surface area contributed by atoms with Gasteiger partial charge in [0.25, 0.3) is 0 Å². The molecule has 1 aliphatic rings. The normalized spacial score (nSPS) is 18.0. The summed E-state index contributed by atoms with van der Waals surface area (Å²) < 4.78 is 4.75. The Morgan fingerprint density at radius 2 is 1.35 bits per heavy atom. The molecule has 0 bridgehead atoms. The molecule has 31 heavy (non-hydrogen) atoms. The van der Waals surface area contributed by atoms with Gasteiger partial charge in [-0.15, -0.1) is 11.8 Å². The predicted molar refractivity (Wildman–Crippen MR) is 123 cm³/mol. The minimum absolute atomic E-state index is 0.0884. The van der Waals surface area contributed by atoms with Crippen LogP contribution in [-0.2, 0) is 19.9 Å². The summed E-state index contributed by atoms with van der Waals surface area (Å²) >= 11 is 1.37. The van der Waals surface area contributed by atoms with Crippen molar-refractivity contribution in [3.05, 3.63) is 108 Å². The summed E-state index contributed by atoms with van der Waals surface area (Å²) in [5, 5.41) is 6.34. The Hall–Kier alpha value is -3.09. The first-order valence-electron chi connectivity index (χ1n) is 10.1. The van der Waals surface area contributed by atoms with Crippen LogP contribution in [0.15, 0.2) is 91.0 Å². The van der Waals surface area contributed by atoms with Crippen LogP contribution >= 0.6 is 11.8 Å². The standard InChI is InChI=1S/C25H24N2O3S/c1-30-21(28)17-31-24-22(23(29)26-24)27-25(18-11-5-2-6-12-18,19-13-7-3-8-14-19)20-15-9-4-10-16-20/h2-16,22,24,27H,17H2,1H3,(H,26,29)/t22-,24+/m1/s1. The van der Waals surface area contributed by atoms with Gasteiger partial charge in [-0.25, -0.2) is 0 Å². The summed E-state index contributed by atoms with van der Waals surface area (Å²) in [5.41, 5.74) is 2.35. The number of carbonyl (C=O) groups is 2. The van der Waals surface area contributed by atoms with Gasteiger partial charge < -0.3 is 10.1 Å². The minimum Gasteiger partial charge on any atom is -0.468 e. The van der Waals surface area contributed by atoms with Crippen LogP contribution < -0.4 is 10.6 Å². The van der Waals surface area contributed by atoms with E-state index < -0.39 is 11.6 Å². The minimum atomic E-state index is -0.740. The fraction of sp³-hybridized carbons (Fsp3) is 0.200. The Morgan fingerprint density at radius 1 is 0.903 bits per heavy atom. The molecule has 6 heteroatoms. The molecule has 0 aromatic heterocycles. The first kappa shape index (κ1) is 21.2. The average Bonchev–Trinajstić information content (AvgIpc) is 2.84. The van der Waals surface area contributed by atoms with Crippen LogP contribution in [0, 0.1) is 0 Å². The Balaban J connectivity index is 1.79. The molecule has 0 radical (unpaired) electrons. The first-order valence-corrected chi connectivity index (χ1v) is 11.1. The molecule has 1 amide bonds. The van der Waals surface area contributed by atoms with E-state index in [4.69, 9.17) is 4.74 Å². The van der Waals surface area contributed by atoms with Crippen molar-refractivity contribution in [1.82, 2.24) is 10.6 Å². The number of hydrogen-bond acceptors (Lipinski definition) is 5. The third-order valence-corrected chi connectivity index (χ3v) is 6.62. The summed E-state index contributed by atoms with van der Waals surface area (Å²) in [5.74, 6) is -0.228. The van der Waals surface area contributed by atoms with Crippen molar-refractivity contribution in [3.8, 4) is 0 Å². The third-order valence-electron chi connectivity index (χ3n) is 5.47. The molecular formula is C25H24N2O3S. The number of amides is 1. The van der Waals surface area contributed by atoms with Crippen molar-refractivity contribution in [1.29, 1.82) is 0 Å². The molecule has 3 aromatic carbocycles. The zero-order valence-corrected chi connectivity index (χ0v) is 18.0. The van der Waals surface area contributed by atoms with Crippen molar-refractivity contribution in [2.24, 2.45) is 0 Å². The highest BCUT2D eigenvalue weighted by Crippen LogP contribution is 2.38. The monoisotopic (exact) mass is 432 g/mol. The highest BCUT2D eigenvalue weighted by molar-refractivity contribution is 8.00. The van der Waals surface area contributed by atoms with Crippen LogP contribution in [0.5, 0.6) is 0 Å². The van der Waals surface area contributed by atoms with Gasteiger partial charge in [0.15, 0.2) is 0 Å². The predicted octanol–water partition coefficient (Wildman–Crippen LogP) is 3.30. The molecular weight excluding hydrogens is 408 g/mol. The van der Waals surface area contributed by atoms with Gasteiger partial charge in [0.2, 0.25) is 5.91 Å². The van der Waals surface area contributed by atoms with Gasteiger partial charge in [0.05, 0.1) is 23.8 Å². The van der Waals surface area contributed by atoms with Gasteiger partial charge in [-0.1, -0.05) is 91.0 Å². The molecule has 2 atom stereocenters. The maximum absolute atomic E-state index is 12.6. The number of carbonyl (C=O) groups excluding carboxylic acids is 2. The number of β-lactam (4-membered cyclic amide) rings is 1. The van der Waals surface area contributed by atoms with Gasteiger partial charge in [-0.2, -0.15) is 0 Å². The molecule has 0 aliphatic carbocycles. The van der Waals surface area contributed by atoms with Crippen LogP contribution in [0.25, 0.3) is 0 Å². The summed E-state index contributed by atoms with van der Waals surface area (Å²) in [4.78, 5) is 24.2. The van der Waals surface area contributed by atoms with Crippen LogP contribution in [-0.4, -0.2) is 36.2 Å². The van der Waals surface area contributed by atoms with Gasteiger partial charge in [0, 0.05) is 0 Å². The zero-order valence-electron chi connectivity index (χ0n) is 17.2. The van der Waals surface area contributed by atoms with E-state index in [1.54, 1.807) is 0 Å². The maximum Gasteiger partial charge on any atom is 0.315 e. The number of nitrogens with one attached hydrogen (secondary N) is 2. The average molecular weight is 433 g/mol. The maximum atomic E-state index is 12.6. The lowest BCUT2D eigenvalue weighted by Crippen LogP contribution is -2.70. The summed E-state index contributed by atoms with van der Waals surface area (Å²) in [6.07, 6.45) is 0. The fourth-order valence-electron chi connectivity index (χ4n) is 3.90. The molecule has 0 saturated carbocycles. The van der Waals surface area contributed by atoms with E-state index in [1.807, 2.05) is 54.6 Å². The largest absolute Gasteiger partial charge is 0.468 e. The second-order valence-corrected chi connectivity index (χ2v) is 8.42. The number of ether oxygens (including phenoxy) is 1. The van der Waals surface area contributed by atoms with Crippen molar-refractivity contribution in [2.45, 2.75) is 17.0 Å². The number of hydrogen-bond donors (Lipinski definition) is 2. The second-order valence-electron chi connectivity index (χ2n) is 7.29. The molecule has 5 nitrogen and oxygen atoms in total. The smallest absolute Gasteiger partial charge is 0.315 e. The van der Waals surface area contributed by atoms with Crippen LogP contribution in [0.1, 0.15) is 16.7 Å². The third kappa shape index (κ3) is 4.22. The second kappa shape index (κ2) is 9.37. The lowest BCUT2D eigenvalue weighted by molar-refractivity contribution is -0.137. The van der Waals surface area contributed by atoms with E-state index in [0.717, 1.165) is 16.7 Å². The molecule has 1 fully saturated rings. The van der Waals surface area contributed by atoms with E-state index >= 15 is 0 Å². The fourth-order valence-corrected chi connectivity index (χ4v) is 4.92. The molecule has 1 saturated heterocycles. The molecule has 1 heterocycles. The lowest BCUT2D eigenvalue weighted by Gasteiger charge is -2.45. The van der Waals surface area contributed by atoms with Crippen LogP contribution in [0.3, 0.4) is 0 Å². The number of rotatable bonds is 8. The van der Waals surface area contributed by atoms with Crippen molar-refractivity contribution < 1.29 is 14.3 Å². The molecule has 0 spiro atoms. The van der Waals surface area contributed by atoms with Crippen molar-refractivity contribution >= 4 is 23.6 Å². The Labute approximate surface area is 186 Å². The Kier molecular flexibility index (Phi) is 6.39. The van der Waals surface area contributed by atoms with E-state index in [-0.39, 0.29) is 23.0 Å². The highest BCUT2D eigenvalue weighted by atomic mass is 32.2. The molecule has 2 N–H and O–H groups in total. The molecule has 1 aliphatic heterocycles. The van der Waals surface area contributed by atoms with Crippen molar-refractivity contribution in [2.75, 3.05) is 12.9 Å². The number of methoxy groups -OCH3 is 1. The van der Waals surface area contributed by atoms with Gasteiger partial charge >= 0.3 is 5.97 Å². The first-order chi connectivity index (χ1) is 15.1. The van der Waals surface area contributed by atoms with E-state index in [2.05, 4.69) is 47.0 Å². The van der Waals surface area contributed by atoms with Crippen molar-refractivity contribution in [3.63, 3.8) is 0 Å². The number of esters is 1. The molecule has 3 aromatic rings. The molecule has 0 unspecified atom stereocenters. The van der Waals surface area contributed by atoms with Gasteiger partial charge in [-0.3, -0.25) is 14.9 Å². The van der Waals surface area contributed by atoms with E-state index in [1.165, 1.54) is 18.9 Å². The van der Waals surface area contributed by atoms with Gasteiger partial charge in [0.1, 0.15) is 6.04 Å². The lowest BCUT2D eigenvalue weighted by atomic mass is 9.76. The highest BCUT2D eigenvalue weighted by Gasteiger charge is 2.47. The van der Waals surface area contributed by atoms with E-state index in [9.17, 15) is 9.59 Å². The van der Waals surface area contributed by atoms with Gasteiger partial charge in [-0.05, 0) is 16.7 Å². The molecule has 158 valence electrons. The SMILES string of the molecule is COC(=O)CS[C@@H]1NC(=O)[C@H]1NC(c1ccccc1)(c1ccccc1)c1ccccc1. The van der Waals surface area contributed by atoms with Crippen LogP contribution in [0.4, 0.5) is 0 Å². The Bertz CT molecular complexity index is 932. The molecule has 4 rings (SSSR count).